The van der Waals surface area contributed by atoms with Gasteiger partial charge in [0, 0.05) is 25.3 Å². The number of nitrogens with one attached hydrogen (secondary N) is 1. The maximum atomic E-state index is 12.7. The maximum Gasteiger partial charge on any atom is 0.471 e. The van der Waals surface area contributed by atoms with Crippen molar-refractivity contribution in [1.82, 2.24) is 5.32 Å². The van der Waals surface area contributed by atoms with Crippen LogP contribution in [0.15, 0.2) is 36.4 Å². The van der Waals surface area contributed by atoms with Crippen LogP contribution in [-0.2, 0) is 4.79 Å². The van der Waals surface area contributed by atoms with Crippen LogP contribution in [0.25, 0.3) is 0 Å². The smallest absolute Gasteiger partial charge is 0.363 e. The Labute approximate surface area is 176 Å². The van der Waals surface area contributed by atoms with Crippen LogP contribution in [0.4, 0.5) is 30.2 Å². The van der Waals surface area contributed by atoms with E-state index < -0.39 is 18.1 Å². The Morgan fingerprint density at radius 3 is 2.67 bits per heavy atom. The fourth-order valence-electron chi connectivity index (χ4n) is 4.29. The fraction of sp³-hybridized carbons (Fsp3) is 0.333. The molecule has 0 radical (unpaired) electrons. The van der Waals surface area contributed by atoms with Crippen LogP contribution in [-0.4, -0.2) is 31.7 Å². The Kier molecular flexibility index (Phi) is 5.02. The number of piperidine rings is 1. The molecule has 0 spiro atoms. The number of alkyl halides is 3. The first-order chi connectivity index (χ1) is 14.2. The van der Waals surface area contributed by atoms with Gasteiger partial charge in [-0.1, -0.05) is 29.8 Å². The first kappa shape index (κ1) is 20.4. The van der Waals surface area contributed by atoms with Crippen LogP contribution in [0.1, 0.15) is 30.0 Å². The molecule has 0 bridgehead atoms. The fourth-order valence-corrected chi connectivity index (χ4v) is 4.49. The summed E-state index contributed by atoms with van der Waals surface area (Å²) in [6, 6.07) is 12.3. The van der Waals surface area contributed by atoms with Gasteiger partial charge in [0.25, 0.3) is 0 Å². The quantitative estimate of drug-likeness (QED) is 0.708. The summed E-state index contributed by atoms with van der Waals surface area (Å²) in [5.41, 5.74) is 3.79. The molecule has 2 aliphatic heterocycles. The second kappa shape index (κ2) is 7.40. The molecule has 2 heterocycles. The van der Waals surface area contributed by atoms with Gasteiger partial charge >= 0.3 is 12.1 Å². The number of para-hydroxylation sites is 1. The van der Waals surface area contributed by atoms with E-state index in [1.165, 1.54) is 0 Å². The second-order valence-electron chi connectivity index (χ2n) is 7.45. The van der Waals surface area contributed by atoms with Gasteiger partial charge in [0.15, 0.2) is 0 Å². The summed E-state index contributed by atoms with van der Waals surface area (Å²) in [7, 11) is 1.88. The van der Waals surface area contributed by atoms with E-state index >= 15 is 0 Å². The predicted octanol–water partition coefficient (Wildman–Crippen LogP) is 4.68. The Hall–Kier alpha value is -2.92. The molecule has 1 N–H and O–H groups in total. The van der Waals surface area contributed by atoms with Crippen LogP contribution in [0, 0.1) is 11.3 Å². The van der Waals surface area contributed by atoms with Crippen molar-refractivity contribution < 1.29 is 18.0 Å². The Balaban J connectivity index is 1.78. The van der Waals surface area contributed by atoms with Gasteiger partial charge in [-0.05, 0) is 36.6 Å². The van der Waals surface area contributed by atoms with Crippen molar-refractivity contribution in [2.75, 3.05) is 23.4 Å². The third-order valence-electron chi connectivity index (χ3n) is 5.71. The average Bonchev–Trinajstić information content (AvgIpc) is 2.81. The van der Waals surface area contributed by atoms with Gasteiger partial charge in [0.2, 0.25) is 0 Å². The van der Waals surface area contributed by atoms with E-state index in [4.69, 9.17) is 11.6 Å². The maximum absolute atomic E-state index is 12.7. The van der Waals surface area contributed by atoms with Crippen molar-refractivity contribution >= 4 is 34.6 Å². The molecule has 0 aliphatic carbocycles. The first-order valence-corrected chi connectivity index (χ1v) is 9.79. The number of fused-ring (bicyclic) bond motifs is 5. The third kappa shape index (κ3) is 3.43. The second-order valence-corrected chi connectivity index (χ2v) is 7.86. The SMILES string of the molecule is CN1c2ccccc2[C@@H]2C[C@@H](NC(=O)C(F)(F)F)CCN2c2cc(Cl)c(C#N)cc21. The number of nitriles is 1. The predicted molar refractivity (Wildman–Crippen MR) is 108 cm³/mol. The zero-order chi connectivity index (χ0) is 21.6. The highest BCUT2D eigenvalue weighted by molar-refractivity contribution is 6.32. The highest BCUT2D eigenvalue weighted by atomic mass is 35.5. The van der Waals surface area contributed by atoms with Crippen molar-refractivity contribution in [3.63, 3.8) is 0 Å². The Bertz CT molecular complexity index is 1050. The van der Waals surface area contributed by atoms with Crippen LogP contribution in [0.3, 0.4) is 0 Å². The number of rotatable bonds is 1. The van der Waals surface area contributed by atoms with Gasteiger partial charge in [0.1, 0.15) is 6.07 Å². The molecule has 0 unspecified atom stereocenters. The number of carbonyl (C=O) groups is 1. The Morgan fingerprint density at radius 1 is 1.23 bits per heavy atom. The summed E-state index contributed by atoms with van der Waals surface area (Å²) in [6.45, 7) is 0.435. The number of benzene rings is 2. The first-order valence-electron chi connectivity index (χ1n) is 9.41. The van der Waals surface area contributed by atoms with Gasteiger partial charge < -0.3 is 15.1 Å². The van der Waals surface area contributed by atoms with E-state index in [2.05, 4.69) is 16.3 Å². The number of hydrogen-bond donors (Lipinski definition) is 1. The molecule has 1 saturated heterocycles. The molecule has 1 amide bonds. The molecule has 0 aromatic heterocycles. The standard InChI is InChI=1S/C21H18ClF3N4O/c1-28-16-5-3-2-4-14(16)17-9-13(27-20(30)21(23,24)25)6-7-29(17)19-10-15(22)12(11-26)8-18(19)28/h2-5,8,10,13,17H,6-7,9H2,1H3,(H,27,30)/t13-,17-/m0/s1. The molecule has 4 rings (SSSR count). The molecule has 2 aromatic carbocycles. The van der Waals surface area contributed by atoms with Gasteiger partial charge in [0.05, 0.1) is 28.0 Å². The van der Waals surface area contributed by atoms with Gasteiger partial charge in [-0.2, -0.15) is 18.4 Å². The molecule has 156 valence electrons. The molecule has 2 aromatic rings. The highest BCUT2D eigenvalue weighted by Gasteiger charge is 2.42. The van der Waals surface area contributed by atoms with E-state index in [9.17, 15) is 23.2 Å². The third-order valence-corrected chi connectivity index (χ3v) is 6.02. The summed E-state index contributed by atoms with van der Waals surface area (Å²) >= 11 is 6.30. The number of carbonyl (C=O) groups excluding carboxylic acids is 1. The zero-order valence-electron chi connectivity index (χ0n) is 16.0. The normalized spacial score (nSPS) is 20.4. The van der Waals surface area contributed by atoms with Crippen molar-refractivity contribution in [1.29, 1.82) is 5.26 Å². The minimum Gasteiger partial charge on any atom is -0.363 e. The molecule has 0 saturated carbocycles. The summed E-state index contributed by atoms with van der Waals surface area (Å²) in [4.78, 5) is 15.5. The summed E-state index contributed by atoms with van der Waals surface area (Å²) in [5.74, 6) is -1.91. The number of hydrogen-bond acceptors (Lipinski definition) is 4. The minimum absolute atomic E-state index is 0.249. The molecular weight excluding hydrogens is 417 g/mol. The molecule has 2 atom stereocenters. The number of halogens is 4. The lowest BCUT2D eigenvalue weighted by Crippen LogP contribution is -2.49. The van der Waals surface area contributed by atoms with Gasteiger partial charge in [-0.25, -0.2) is 0 Å². The molecule has 9 heteroatoms. The molecule has 5 nitrogen and oxygen atoms in total. The highest BCUT2D eigenvalue weighted by Crippen LogP contribution is 2.49. The number of anilines is 3. The molecule has 30 heavy (non-hydrogen) atoms. The lowest BCUT2D eigenvalue weighted by atomic mass is 9.90. The van der Waals surface area contributed by atoms with E-state index in [1.807, 2.05) is 36.2 Å². The van der Waals surface area contributed by atoms with Crippen LogP contribution in [0.2, 0.25) is 5.02 Å². The molecular formula is C21H18ClF3N4O. The summed E-state index contributed by atoms with van der Waals surface area (Å²) in [5, 5.41) is 11.8. The minimum atomic E-state index is -4.91. The van der Waals surface area contributed by atoms with Crippen molar-refractivity contribution in [3.05, 3.63) is 52.5 Å². The summed E-state index contributed by atoms with van der Waals surface area (Å²) in [6.07, 6.45) is -4.22. The van der Waals surface area contributed by atoms with E-state index in [0.717, 1.165) is 22.6 Å². The summed E-state index contributed by atoms with van der Waals surface area (Å²) < 4.78 is 38.2. The number of amides is 1. The van der Waals surface area contributed by atoms with E-state index in [1.54, 1.807) is 12.1 Å². The lowest BCUT2D eigenvalue weighted by Gasteiger charge is -2.41. The van der Waals surface area contributed by atoms with Crippen LogP contribution in [0.5, 0.6) is 0 Å². The largest absolute Gasteiger partial charge is 0.471 e. The van der Waals surface area contributed by atoms with Crippen LogP contribution < -0.4 is 15.1 Å². The monoisotopic (exact) mass is 434 g/mol. The van der Waals surface area contributed by atoms with E-state index in [-0.39, 0.29) is 6.04 Å². The van der Waals surface area contributed by atoms with Crippen molar-refractivity contribution in [3.8, 4) is 6.07 Å². The number of nitrogens with zero attached hydrogens (tertiary/aromatic N) is 3. The van der Waals surface area contributed by atoms with Gasteiger partial charge in [-0.3, -0.25) is 4.79 Å². The Morgan fingerprint density at radius 2 is 1.97 bits per heavy atom. The molecule has 1 fully saturated rings. The van der Waals surface area contributed by atoms with Crippen LogP contribution >= 0.6 is 11.6 Å². The van der Waals surface area contributed by atoms with Crippen molar-refractivity contribution in [2.45, 2.75) is 31.1 Å². The topological polar surface area (TPSA) is 59.4 Å². The van der Waals surface area contributed by atoms with E-state index in [0.29, 0.717) is 30.0 Å². The average molecular weight is 435 g/mol. The zero-order valence-corrected chi connectivity index (χ0v) is 16.8. The van der Waals surface area contributed by atoms with Crippen molar-refractivity contribution in [2.24, 2.45) is 0 Å². The van der Waals surface area contributed by atoms with Gasteiger partial charge in [-0.15, -0.1) is 0 Å². The lowest BCUT2D eigenvalue weighted by molar-refractivity contribution is -0.174. The molecule has 2 aliphatic rings.